The Morgan fingerprint density at radius 1 is 1.00 bits per heavy atom. The molecule has 45 heavy (non-hydrogen) atoms. The van der Waals surface area contributed by atoms with Crippen LogP contribution in [0.25, 0.3) is 6.08 Å². The summed E-state index contributed by atoms with van der Waals surface area (Å²) in [6, 6.07) is 27.5. The quantitative estimate of drug-likeness (QED) is 0.109. The van der Waals surface area contributed by atoms with Gasteiger partial charge in [0.25, 0.3) is 5.91 Å². The van der Waals surface area contributed by atoms with E-state index in [-0.39, 0.29) is 25.5 Å². The van der Waals surface area contributed by atoms with Gasteiger partial charge in [-0.1, -0.05) is 70.5 Å². The van der Waals surface area contributed by atoms with Crippen molar-refractivity contribution in [3.63, 3.8) is 0 Å². The number of hydrogen-bond acceptors (Lipinski definition) is 6. The lowest BCUT2D eigenvalue weighted by molar-refractivity contribution is -0.129. The Morgan fingerprint density at radius 2 is 1.71 bits per heavy atom. The standard InChI is InChI=1S/C35H32BrF2N3O4/c36-28-13-9-26(10-14-28)32-35(17-4-8-24-6-2-1-3-7-24,34(43)41-39-23-25-20-29(37)22-30(38)21-25)40-33(45-32)27-11-15-31(16-12-27)44-19-5-18-42/h1-4,6-16,20-22,32,39,42H,5,17-19,23H2,(H,41,43)/b8-4+/t32-,35-/m0/s1. The van der Waals surface area contributed by atoms with Gasteiger partial charge in [0.05, 0.1) is 6.61 Å². The molecule has 3 N–H and O–H groups in total. The van der Waals surface area contributed by atoms with Crippen LogP contribution >= 0.6 is 15.9 Å². The van der Waals surface area contributed by atoms with Gasteiger partial charge >= 0.3 is 0 Å². The van der Waals surface area contributed by atoms with Crippen LogP contribution in [0.2, 0.25) is 0 Å². The summed E-state index contributed by atoms with van der Waals surface area (Å²) >= 11 is 3.47. The maximum Gasteiger partial charge on any atom is 0.266 e. The van der Waals surface area contributed by atoms with Gasteiger partial charge in [0.1, 0.15) is 17.4 Å². The third-order valence-corrected chi connectivity index (χ3v) is 7.69. The highest BCUT2D eigenvalue weighted by molar-refractivity contribution is 9.10. The third kappa shape index (κ3) is 8.21. The molecule has 0 spiro atoms. The van der Waals surface area contributed by atoms with E-state index in [4.69, 9.17) is 19.6 Å². The predicted molar refractivity (Wildman–Crippen MR) is 172 cm³/mol. The number of rotatable bonds is 13. The number of nitrogens with one attached hydrogen (secondary N) is 2. The van der Waals surface area contributed by atoms with E-state index < -0.39 is 29.2 Å². The first-order valence-corrected chi connectivity index (χ1v) is 15.2. The lowest BCUT2D eigenvalue weighted by Crippen LogP contribution is -2.52. The predicted octanol–water partition coefficient (Wildman–Crippen LogP) is 6.67. The lowest BCUT2D eigenvalue weighted by atomic mass is 9.84. The van der Waals surface area contributed by atoms with Crippen molar-refractivity contribution in [2.75, 3.05) is 13.2 Å². The summed E-state index contributed by atoms with van der Waals surface area (Å²) in [5.74, 6) is -0.995. The maximum absolute atomic E-state index is 14.2. The molecular weight excluding hydrogens is 644 g/mol. The summed E-state index contributed by atoms with van der Waals surface area (Å²) < 4.78 is 40.5. The van der Waals surface area contributed by atoms with Crippen LogP contribution in [-0.2, 0) is 16.1 Å². The van der Waals surface area contributed by atoms with Gasteiger partial charge in [0.2, 0.25) is 5.90 Å². The maximum atomic E-state index is 14.2. The van der Waals surface area contributed by atoms with Gasteiger partial charge in [-0.05, 0) is 65.2 Å². The molecule has 0 bridgehead atoms. The molecule has 2 atom stereocenters. The van der Waals surface area contributed by atoms with Gasteiger partial charge in [-0.15, -0.1) is 0 Å². The van der Waals surface area contributed by atoms with Crippen molar-refractivity contribution in [1.82, 2.24) is 10.9 Å². The topological polar surface area (TPSA) is 92.2 Å². The molecule has 1 aliphatic heterocycles. The van der Waals surface area contributed by atoms with Crippen LogP contribution in [0.3, 0.4) is 0 Å². The zero-order valence-corrected chi connectivity index (χ0v) is 25.8. The minimum atomic E-state index is -1.45. The van der Waals surface area contributed by atoms with Gasteiger partial charge in [-0.2, -0.15) is 0 Å². The number of aliphatic hydroxyl groups is 1. The Hall–Kier alpha value is -4.38. The van der Waals surface area contributed by atoms with Gasteiger partial charge in [0.15, 0.2) is 11.6 Å². The molecule has 7 nitrogen and oxygen atoms in total. The van der Waals surface area contributed by atoms with E-state index in [0.29, 0.717) is 29.9 Å². The van der Waals surface area contributed by atoms with Crippen LogP contribution in [-0.4, -0.2) is 35.7 Å². The monoisotopic (exact) mass is 675 g/mol. The number of aliphatic imine (C=N–C) groups is 1. The molecule has 1 aliphatic rings. The number of nitrogens with zero attached hydrogens (tertiary/aromatic N) is 1. The molecule has 1 heterocycles. The molecule has 0 radical (unpaired) electrons. The number of carbonyl (C=O) groups excluding carboxylic acids is 1. The number of hydrogen-bond donors (Lipinski definition) is 3. The molecule has 0 aliphatic carbocycles. The highest BCUT2D eigenvalue weighted by atomic mass is 79.9. The molecule has 0 unspecified atom stereocenters. The van der Waals surface area contributed by atoms with Crippen molar-refractivity contribution >= 4 is 33.8 Å². The molecule has 0 fully saturated rings. The first-order chi connectivity index (χ1) is 21.9. The van der Waals surface area contributed by atoms with E-state index in [1.54, 1.807) is 24.3 Å². The van der Waals surface area contributed by atoms with Crippen molar-refractivity contribution in [2.24, 2.45) is 4.99 Å². The third-order valence-electron chi connectivity index (χ3n) is 7.16. The summed E-state index contributed by atoms with van der Waals surface area (Å²) in [4.78, 5) is 19.1. The number of ether oxygens (including phenoxy) is 2. The first-order valence-electron chi connectivity index (χ1n) is 14.4. The number of halogens is 3. The van der Waals surface area contributed by atoms with Crippen LogP contribution in [0.5, 0.6) is 5.75 Å². The zero-order valence-electron chi connectivity index (χ0n) is 24.3. The molecule has 0 aromatic heterocycles. The van der Waals surface area contributed by atoms with Gasteiger partial charge in [-0.25, -0.2) is 19.2 Å². The van der Waals surface area contributed by atoms with Crippen LogP contribution < -0.4 is 15.6 Å². The zero-order chi connectivity index (χ0) is 31.6. The average molecular weight is 677 g/mol. The van der Waals surface area contributed by atoms with Crippen molar-refractivity contribution < 1.29 is 28.2 Å². The van der Waals surface area contributed by atoms with E-state index >= 15 is 0 Å². The fraction of sp³-hybridized carbons (Fsp3) is 0.200. The second-order valence-electron chi connectivity index (χ2n) is 10.4. The minimum Gasteiger partial charge on any atom is -0.494 e. The molecule has 232 valence electrons. The van der Waals surface area contributed by atoms with Crippen molar-refractivity contribution in [2.45, 2.75) is 31.0 Å². The van der Waals surface area contributed by atoms with E-state index in [1.807, 2.05) is 66.7 Å². The number of hydrazine groups is 1. The fourth-order valence-corrected chi connectivity index (χ4v) is 5.20. The molecule has 4 aromatic rings. The number of aliphatic hydroxyl groups excluding tert-OH is 1. The molecule has 4 aromatic carbocycles. The number of amides is 1. The summed E-state index contributed by atoms with van der Waals surface area (Å²) in [5.41, 5.74) is 6.74. The van der Waals surface area contributed by atoms with Crippen LogP contribution in [0.15, 0.2) is 113 Å². The summed E-state index contributed by atoms with van der Waals surface area (Å²) in [6.45, 7) is 0.400. The van der Waals surface area contributed by atoms with Gasteiger partial charge < -0.3 is 14.6 Å². The van der Waals surface area contributed by atoms with Gasteiger partial charge in [-0.3, -0.25) is 10.2 Å². The second kappa shape index (κ2) is 15.1. The Bertz CT molecular complexity index is 1630. The van der Waals surface area contributed by atoms with Crippen molar-refractivity contribution in [3.05, 3.63) is 141 Å². The lowest BCUT2D eigenvalue weighted by Gasteiger charge is -2.30. The molecule has 0 saturated heterocycles. The molecule has 1 amide bonds. The van der Waals surface area contributed by atoms with E-state index in [1.165, 1.54) is 12.1 Å². The molecule has 0 saturated carbocycles. The summed E-state index contributed by atoms with van der Waals surface area (Å²) in [6.07, 6.45) is 3.69. The van der Waals surface area contributed by atoms with Crippen LogP contribution in [0.1, 0.15) is 41.2 Å². The Morgan fingerprint density at radius 3 is 2.40 bits per heavy atom. The minimum absolute atomic E-state index is 0.0194. The second-order valence-corrected chi connectivity index (χ2v) is 11.4. The highest BCUT2D eigenvalue weighted by Crippen LogP contribution is 2.43. The average Bonchev–Trinajstić information content (AvgIpc) is 3.42. The largest absolute Gasteiger partial charge is 0.494 e. The normalized spacial score (nSPS) is 17.6. The van der Waals surface area contributed by atoms with Crippen LogP contribution in [0.4, 0.5) is 8.78 Å². The van der Waals surface area contributed by atoms with E-state index in [0.717, 1.165) is 21.7 Å². The van der Waals surface area contributed by atoms with Crippen molar-refractivity contribution in [1.29, 1.82) is 0 Å². The van der Waals surface area contributed by atoms with Crippen molar-refractivity contribution in [3.8, 4) is 5.75 Å². The molecular formula is C35H32BrF2N3O4. The smallest absolute Gasteiger partial charge is 0.266 e. The van der Waals surface area contributed by atoms with E-state index in [2.05, 4.69) is 26.8 Å². The first kappa shape index (κ1) is 32.0. The fourth-order valence-electron chi connectivity index (χ4n) is 4.94. The summed E-state index contributed by atoms with van der Waals surface area (Å²) in [7, 11) is 0. The number of carbonyl (C=O) groups is 1. The number of benzene rings is 4. The van der Waals surface area contributed by atoms with Crippen LogP contribution in [0, 0.1) is 11.6 Å². The molecule has 10 heteroatoms. The van der Waals surface area contributed by atoms with E-state index in [9.17, 15) is 13.6 Å². The SMILES string of the molecule is O=C(NNCc1cc(F)cc(F)c1)[C@@]1(C/C=C/c2ccccc2)N=C(c2ccc(OCCCO)cc2)O[C@H]1c1ccc(Br)cc1. The Labute approximate surface area is 268 Å². The highest BCUT2D eigenvalue weighted by Gasteiger charge is 2.52. The Kier molecular flexibility index (Phi) is 10.7. The van der Waals surface area contributed by atoms with Gasteiger partial charge in [0, 0.05) is 42.1 Å². The molecule has 5 rings (SSSR count). The Balaban J connectivity index is 1.48. The summed E-state index contributed by atoms with van der Waals surface area (Å²) in [5, 5.41) is 9.03.